The molecule has 3 rings (SSSR count). The lowest BCUT2D eigenvalue weighted by molar-refractivity contribution is 0.334. The van der Waals surface area contributed by atoms with Crippen LogP contribution in [0.4, 0.5) is 11.6 Å². The Labute approximate surface area is 122 Å². The van der Waals surface area contributed by atoms with Crippen molar-refractivity contribution < 1.29 is 4.74 Å². The Morgan fingerprint density at radius 3 is 2.76 bits per heavy atom. The Balaban J connectivity index is 1.56. The number of hydrogen-bond acceptors (Lipinski definition) is 5. The zero-order valence-corrected chi connectivity index (χ0v) is 11.5. The Morgan fingerprint density at radius 2 is 1.86 bits per heavy atom. The third-order valence-electron chi connectivity index (χ3n) is 3.05. The third kappa shape index (κ3) is 3.20. The minimum atomic E-state index is 0.490. The number of nitrogens with zero attached hydrogens (tertiary/aromatic N) is 2. The first-order chi connectivity index (χ1) is 10.3. The molecule has 0 spiro atoms. The van der Waals surface area contributed by atoms with Crippen LogP contribution in [0.2, 0.25) is 0 Å². The normalized spacial score (nSPS) is 10.5. The van der Waals surface area contributed by atoms with E-state index in [1.807, 2.05) is 48.5 Å². The van der Waals surface area contributed by atoms with Gasteiger partial charge >= 0.3 is 0 Å². The van der Waals surface area contributed by atoms with E-state index >= 15 is 0 Å². The van der Waals surface area contributed by atoms with Crippen LogP contribution in [0.5, 0.6) is 5.75 Å². The second kappa shape index (κ2) is 6.09. The first-order valence-electron chi connectivity index (χ1n) is 6.76. The Kier molecular flexibility index (Phi) is 3.82. The number of rotatable bonds is 5. The van der Waals surface area contributed by atoms with Gasteiger partial charge in [-0.1, -0.05) is 30.3 Å². The number of nitrogen functional groups attached to an aromatic ring is 1. The highest BCUT2D eigenvalue weighted by Gasteiger charge is 2.00. The minimum Gasteiger partial charge on any atom is -0.490 e. The van der Waals surface area contributed by atoms with Gasteiger partial charge in [0.05, 0.1) is 17.7 Å². The van der Waals surface area contributed by atoms with Crippen molar-refractivity contribution in [2.24, 2.45) is 0 Å². The fourth-order valence-electron chi connectivity index (χ4n) is 1.99. The summed E-state index contributed by atoms with van der Waals surface area (Å²) in [6, 6.07) is 15.3. The molecule has 0 amide bonds. The minimum absolute atomic E-state index is 0.490. The number of hydrogen-bond donors (Lipinski definition) is 2. The van der Waals surface area contributed by atoms with Crippen LogP contribution in [-0.4, -0.2) is 23.1 Å². The molecule has 5 heteroatoms. The van der Waals surface area contributed by atoms with Crippen molar-refractivity contribution in [1.29, 1.82) is 0 Å². The van der Waals surface area contributed by atoms with Crippen LogP contribution in [0, 0.1) is 0 Å². The molecule has 2 aromatic carbocycles. The molecule has 3 aromatic rings. The standard InChI is InChI=1S/C16H16N4O/c17-13-6-2-4-8-15(13)21-10-9-18-16-19-11-12-5-1-3-7-14(12)20-16/h1-8,11H,9-10,17H2,(H,18,19,20). The summed E-state index contributed by atoms with van der Waals surface area (Å²) in [4.78, 5) is 8.70. The van der Waals surface area contributed by atoms with Crippen molar-refractivity contribution >= 4 is 22.5 Å². The van der Waals surface area contributed by atoms with Crippen molar-refractivity contribution in [2.75, 3.05) is 24.2 Å². The molecule has 0 radical (unpaired) electrons. The largest absolute Gasteiger partial charge is 0.490 e. The maximum absolute atomic E-state index is 5.81. The lowest BCUT2D eigenvalue weighted by Gasteiger charge is -2.09. The fourth-order valence-corrected chi connectivity index (χ4v) is 1.99. The topological polar surface area (TPSA) is 73.1 Å². The first kappa shape index (κ1) is 13.2. The van der Waals surface area contributed by atoms with E-state index in [1.165, 1.54) is 0 Å². The second-order valence-corrected chi connectivity index (χ2v) is 4.57. The van der Waals surface area contributed by atoms with Crippen LogP contribution >= 0.6 is 0 Å². The van der Waals surface area contributed by atoms with Gasteiger partial charge in [-0.3, -0.25) is 0 Å². The Bertz CT molecular complexity index is 745. The maximum Gasteiger partial charge on any atom is 0.223 e. The smallest absolute Gasteiger partial charge is 0.223 e. The number of para-hydroxylation sites is 3. The number of nitrogens with one attached hydrogen (secondary N) is 1. The summed E-state index contributed by atoms with van der Waals surface area (Å²) in [7, 11) is 0. The second-order valence-electron chi connectivity index (χ2n) is 4.57. The zero-order valence-electron chi connectivity index (χ0n) is 11.5. The van der Waals surface area contributed by atoms with Gasteiger partial charge in [-0.2, -0.15) is 0 Å². The lowest BCUT2D eigenvalue weighted by atomic mass is 10.2. The molecule has 0 aliphatic rings. The first-order valence-corrected chi connectivity index (χ1v) is 6.76. The van der Waals surface area contributed by atoms with Crippen LogP contribution < -0.4 is 15.8 Å². The Hall–Kier alpha value is -2.82. The van der Waals surface area contributed by atoms with Crippen LogP contribution in [0.25, 0.3) is 10.9 Å². The molecule has 0 unspecified atom stereocenters. The predicted octanol–water partition coefficient (Wildman–Crippen LogP) is 2.70. The van der Waals surface area contributed by atoms with Crippen molar-refractivity contribution in [3.05, 3.63) is 54.7 Å². The van der Waals surface area contributed by atoms with Crippen LogP contribution in [0.1, 0.15) is 0 Å². The van der Waals surface area contributed by atoms with E-state index in [1.54, 1.807) is 6.20 Å². The van der Waals surface area contributed by atoms with Crippen molar-refractivity contribution in [3.8, 4) is 5.75 Å². The van der Waals surface area contributed by atoms with E-state index in [4.69, 9.17) is 10.5 Å². The van der Waals surface area contributed by atoms with Crippen molar-refractivity contribution in [1.82, 2.24) is 9.97 Å². The summed E-state index contributed by atoms with van der Waals surface area (Å²) >= 11 is 0. The number of aromatic nitrogens is 2. The highest BCUT2D eigenvalue weighted by Crippen LogP contribution is 2.19. The van der Waals surface area contributed by atoms with Gasteiger partial charge in [0.2, 0.25) is 5.95 Å². The molecule has 106 valence electrons. The Morgan fingerprint density at radius 1 is 1.05 bits per heavy atom. The van der Waals surface area contributed by atoms with Gasteiger partial charge in [0, 0.05) is 11.6 Å². The van der Waals surface area contributed by atoms with Crippen molar-refractivity contribution in [2.45, 2.75) is 0 Å². The van der Waals surface area contributed by atoms with E-state index in [0.29, 0.717) is 30.5 Å². The summed E-state index contributed by atoms with van der Waals surface area (Å²) in [5, 5.41) is 4.16. The lowest BCUT2D eigenvalue weighted by Crippen LogP contribution is -2.13. The highest BCUT2D eigenvalue weighted by atomic mass is 16.5. The van der Waals surface area contributed by atoms with E-state index in [9.17, 15) is 0 Å². The monoisotopic (exact) mass is 280 g/mol. The zero-order chi connectivity index (χ0) is 14.5. The van der Waals surface area contributed by atoms with Crippen LogP contribution in [0.3, 0.4) is 0 Å². The average Bonchev–Trinajstić information content (AvgIpc) is 2.53. The van der Waals surface area contributed by atoms with E-state index in [0.717, 1.165) is 10.9 Å². The summed E-state index contributed by atoms with van der Waals surface area (Å²) in [5.41, 5.74) is 7.36. The van der Waals surface area contributed by atoms with E-state index in [2.05, 4.69) is 15.3 Å². The van der Waals surface area contributed by atoms with Crippen LogP contribution in [0.15, 0.2) is 54.7 Å². The quantitative estimate of drug-likeness (QED) is 0.555. The van der Waals surface area contributed by atoms with Gasteiger partial charge in [0.1, 0.15) is 12.4 Å². The van der Waals surface area contributed by atoms with E-state index < -0.39 is 0 Å². The van der Waals surface area contributed by atoms with Gasteiger partial charge in [-0.05, 0) is 18.2 Å². The molecule has 1 heterocycles. The molecule has 21 heavy (non-hydrogen) atoms. The number of ether oxygens (including phenoxy) is 1. The molecule has 0 aliphatic heterocycles. The molecule has 0 aliphatic carbocycles. The molecule has 0 fully saturated rings. The van der Waals surface area contributed by atoms with Crippen LogP contribution in [-0.2, 0) is 0 Å². The number of benzene rings is 2. The maximum atomic E-state index is 5.81. The summed E-state index contributed by atoms with van der Waals surface area (Å²) in [6.07, 6.45) is 1.81. The third-order valence-corrected chi connectivity index (χ3v) is 3.05. The van der Waals surface area contributed by atoms with E-state index in [-0.39, 0.29) is 0 Å². The molecule has 0 saturated carbocycles. The van der Waals surface area contributed by atoms with Gasteiger partial charge in [-0.25, -0.2) is 9.97 Å². The molecule has 1 aromatic heterocycles. The predicted molar refractivity (Wildman–Crippen MR) is 84.4 cm³/mol. The molecule has 5 nitrogen and oxygen atoms in total. The molecule has 0 saturated heterocycles. The molecule has 0 bridgehead atoms. The van der Waals surface area contributed by atoms with Gasteiger partial charge in [0.25, 0.3) is 0 Å². The molecule has 0 atom stereocenters. The molecule has 3 N–H and O–H groups in total. The molecular formula is C16H16N4O. The fraction of sp³-hybridized carbons (Fsp3) is 0.125. The summed E-state index contributed by atoms with van der Waals surface area (Å²) < 4.78 is 5.60. The molecular weight excluding hydrogens is 264 g/mol. The van der Waals surface area contributed by atoms with Gasteiger partial charge < -0.3 is 15.8 Å². The number of anilines is 2. The summed E-state index contributed by atoms with van der Waals surface area (Å²) in [6.45, 7) is 1.09. The van der Waals surface area contributed by atoms with Gasteiger partial charge in [0.15, 0.2) is 0 Å². The SMILES string of the molecule is Nc1ccccc1OCCNc1ncc2ccccc2n1. The summed E-state index contributed by atoms with van der Waals surface area (Å²) in [5.74, 6) is 1.29. The number of fused-ring (bicyclic) bond motifs is 1. The highest BCUT2D eigenvalue weighted by molar-refractivity contribution is 5.78. The van der Waals surface area contributed by atoms with Crippen molar-refractivity contribution in [3.63, 3.8) is 0 Å². The average molecular weight is 280 g/mol. The number of nitrogens with two attached hydrogens (primary N) is 1. The van der Waals surface area contributed by atoms with Gasteiger partial charge in [-0.15, -0.1) is 0 Å².